The molecular weight excluding hydrogens is 297 g/mol. The first-order chi connectivity index (χ1) is 10.7. The van der Waals surface area contributed by atoms with E-state index < -0.39 is 17.5 Å². The van der Waals surface area contributed by atoms with Crippen molar-refractivity contribution in [2.45, 2.75) is 53.6 Å². The van der Waals surface area contributed by atoms with E-state index in [0.717, 1.165) is 12.5 Å². The fourth-order valence-electron chi connectivity index (χ4n) is 1.52. The summed E-state index contributed by atoms with van der Waals surface area (Å²) in [5.74, 6) is -0.619. The van der Waals surface area contributed by atoms with E-state index in [9.17, 15) is 9.18 Å². The molecule has 0 atom stereocenters. The molecule has 6 heteroatoms. The predicted octanol–water partition coefficient (Wildman–Crippen LogP) is 4.61. The van der Waals surface area contributed by atoms with Crippen LogP contribution in [0.1, 0.15) is 53.5 Å². The van der Waals surface area contributed by atoms with Gasteiger partial charge in [-0.2, -0.15) is 0 Å². The number of anilines is 2. The molecule has 5 nitrogen and oxygen atoms in total. The van der Waals surface area contributed by atoms with Gasteiger partial charge in [0.1, 0.15) is 11.4 Å². The van der Waals surface area contributed by atoms with Crippen LogP contribution in [0.15, 0.2) is 17.1 Å². The molecule has 1 amide bonds. The van der Waals surface area contributed by atoms with Crippen LogP contribution in [0.25, 0.3) is 0 Å². The SMILES string of the molecule is CC.CCCN=Cc1cc(NC(=O)OC(C)(C)C)c(F)cc1N. The van der Waals surface area contributed by atoms with Gasteiger partial charge in [-0.1, -0.05) is 20.8 Å². The topological polar surface area (TPSA) is 76.7 Å². The smallest absolute Gasteiger partial charge is 0.412 e. The lowest BCUT2D eigenvalue weighted by molar-refractivity contribution is 0.0635. The molecule has 1 rings (SSSR count). The van der Waals surface area contributed by atoms with E-state index in [0.29, 0.717) is 12.1 Å². The summed E-state index contributed by atoms with van der Waals surface area (Å²) in [7, 11) is 0. The number of ether oxygens (including phenoxy) is 1. The number of nitrogens with one attached hydrogen (secondary N) is 1. The van der Waals surface area contributed by atoms with Gasteiger partial charge in [-0.15, -0.1) is 0 Å². The minimum absolute atomic E-state index is 0.0106. The van der Waals surface area contributed by atoms with Crippen molar-refractivity contribution >= 4 is 23.7 Å². The van der Waals surface area contributed by atoms with Crippen molar-refractivity contribution in [1.82, 2.24) is 0 Å². The van der Waals surface area contributed by atoms with Gasteiger partial charge in [-0.05, 0) is 39.3 Å². The molecule has 0 fully saturated rings. The van der Waals surface area contributed by atoms with Crippen molar-refractivity contribution in [3.05, 3.63) is 23.5 Å². The van der Waals surface area contributed by atoms with Crippen LogP contribution in [0, 0.1) is 5.82 Å². The summed E-state index contributed by atoms with van der Waals surface area (Å²) in [6, 6.07) is 2.59. The number of hydrogen-bond acceptors (Lipinski definition) is 4. The lowest BCUT2D eigenvalue weighted by Crippen LogP contribution is -2.27. The number of amides is 1. The van der Waals surface area contributed by atoms with Crippen molar-refractivity contribution in [1.29, 1.82) is 0 Å². The minimum atomic E-state index is -0.720. The molecular formula is C17H28FN3O2. The van der Waals surface area contributed by atoms with Crippen molar-refractivity contribution in [3.63, 3.8) is 0 Å². The van der Waals surface area contributed by atoms with Gasteiger partial charge in [-0.3, -0.25) is 10.3 Å². The molecule has 130 valence electrons. The van der Waals surface area contributed by atoms with Gasteiger partial charge >= 0.3 is 6.09 Å². The number of benzene rings is 1. The van der Waals surface area contributed by atoms with Crippen molar-refractivity contribution in [2.75, 3.05) is 17.6 Å². The molecule has 1 aromatic carbocycles. The summed E-state index contributed by atoms with van der Waals surface area (Å²) in [4.78, 5) is 15.8. The number of nitrogens with two attached hydrogens (primary N) is 1. The fourth-order valence-corrected chi connectivity index (χ4v) is 1.52. The van der Waals surface area contributed by atoms with Crippen LogP contribution in [0.5, 0.6) is 0 Å². The molecule has 0 saturated carbocycles. The summed E-state index contributed by atoms with van der Waals surface area (Å²) < 4.78 is 18.9. The maximum Gasteiger partial charge on any atom is 0.412 e. The Labute approximate surface area is 138 Å². The van der Waals surface area contributed by atoms with E-state index in [4.69, 9.17) is 10.5 Å². The Morgan fingerprint density at radius 1 is 1.39 bits per heavy atom. The monoisotopic (exact) mass is 325 g/mol. The molecule has 0 saturated heterocycles. The van der Waals surface area contributed by atoms with Gasteiger partial charge in [0.05, 0.1) is 5.69 Å². The largest absolute Gasteiger partial charge is 0.444 e. The minimum Gasteiger partial charge on any atom is -0.444 e. The van der Waals surface area contributed by atoms with Crippen molar-refractivity contribution in [2.24, 2.45) is 4.99 Å². The highest BCUT2D eigenvalue weighted by Crippen LogP contribution is 2.22. The third-order valence-corrected chi connectivity index (χ3v) is 2.39. The van der Waals surface area contributed by atoms with Gasteiger partial charge in [-0.25, -0.2) is 9.18 Å². The Balaban J connectivity index is 0.00000232. The maximum atomic E-state index is 13.8. The molecule has 0 aliphatic heterocycles. The first-order valence-electron chi connectivity index (χ1n) is 7.81. The molecule has 0 aliphatic rings. The average Bonchev–Trinajstić information content (AvgIpc) is 2.44. The van der Waals surface area contributed by atoms with Gasteiger partial charge in [0.15, 0.2) is 0 Å². The molecule has 0 unspecified atom stereocenters. The summed E-state index contributed by atoms with van der Waals surface area (Å²) in [5, 5.41) is 2.37. The van der Waals surface area contributed by atoms with Gasteiger partial charge in [0.25, 0.3) is 0 Å². The second-order valence-corrected chi connectivity index (χ2v) is 5.62. The zero-order valence-corrected chi connectivity index (χ0v) is 14.9. The zero-order valence-electron chi connectivity index (χ0n) is 14.9. The van der Waals surface area contributed by atoms with Crippen molar-refractivity contribution in [3.8, 4) is 0 Å². The fraction of sp³-hybridized carbons (Fsp3) is 0.529. The van der Waals surface area contributed by atoms with E-state index >= 15 is 0 Å². The number of hydrogen-bond donors (Lipinski definition) is 2. The number of carbonyl (C=O) groups is 1. The number of halogens is 1. The standard InChI is InChI=1S/C15H22FN3O2.C2H6/c1-5-6-18-9-10-7-13(11(16)8-12(10)17)19-14(20)21-15(2,3)4;1-2/h7-9H,5-6,17H2,1-4H3,(H,19,20);1-2H3. The van der Waals surface area contributed by atoms with Crippen LogP contribution in [-0.2, 0) is 4.74 Å². The van der Waals surface area contributed by atoms with Gasteiger partial charge in [0.2, 0.25) is 0 Å². The highest BCUT2D eigenvalue weighted by Gasteiger charge is 2.18. The lowest BCUT2D eigenvalue weighted by Gasteiger charge is -2.20. The lowest BCUT2D eigenvalue weighted by atomic mass is 10.1. The van der Waals surface area contributed by atoms with E-state index in [-0.39, 0.29) is 11.4 Å². The summed E-state index contributed by atoms with van der Waals surface area (Å²) >= 11 is 0. The van der Waals surface area contributed by atoms with Gasteiger partial charge in [0, 0.05) is 24.0 Å². The van der Waals surface area contributed by atoms with Crippen LogP contribution in [-0.4, -0.2) is 24.5 Å². The second-order valence-electron chi connectivity index (χ2n) is 5.62. The highest BCUT2D eigenvalue weighted by molar-refractivity contribution is 5.92. The number of rotatable bonds is 4. The molecule has 0 bridgehead atoms. The summed E-state index contributed by atoms with van der Waals surface area (Å²) in [6.07, 6.45) is 1.75. The second kappa shape index (κ2) is 9.82. The zero-order chi connectivity index (χ0) is 18.0. The van der Waals surface area contributed by atoms with Crippen LogP contribution in [0.4, 0.5) is 20.6 Å². The van der Waals surface area contributed by atoms with E-state index in [1.165, 1.54) is 6.07 Å². The Kier molecular flexibility index (Phi) is 8.92. The summed E-state index contributed by atoms with van der Waals surface area (Å²) in [6.45, 7) is 11.9. The quantitative estimate of drug-likeness (QED) is 0.627. The Hall–Kier alpha value is -2.11. The molecule has 0 heterocycles. The first-order valence-corrected chi connectivity index (χ1v) is 7.81. The van der Waals surface area contributed by atoms with Crippen molar-refractivity contribution < 1.29 is 13.9 Å². The number of aliphatic imine (C=N–C) groups is 1. The molecule has 1 aromatic rings. The molecule has 3 N–H and O–H groups in total. The Morgan fingerprint density at radius 3 is 2.52 bits per heavy atom. The molecule has 0 radical (unpaired) electrons. The number of nitrogens with zero attached hydrogens (tertiary/aromatic N) is 1. The molecule has 0 aliphatic carbocycles. The van der Waals surface area contributed by atoms with E-state index in [2.05, 4.69) is 10.3 Å². The van der Waals surface area contributed by atoms with Crippen LogP contribution < -0.4 is 11.1 Å². The Morgan fingerprint density at radius 2 is 2.00 bits per heavy atom. The predicted molar refractivity (Wildman–Crippen MR) is 94.8 cm³/mol. The van der Waals surface area contributed by atoms with Crippen LogP contribution in [0.2, 0.25) is 0 Å². The molecule has 0 aromatic heterocycles. The maximum absolute atomic E-state index is 13.8. The highest BCUT2D eigenvalue weighted by atomic mass is 19.1. The first kappa shape index (κ1) is 20.9. The van der Waals surface area contributed by atoms with Gasteiger partial charge < -0.3 is 10.5 Å². The third-order valence-electron chi connectivity index (χ3n) is 2.39. The number of nitrogen functional groups attached to an aromatic ring is 1. The Bertz CT molecular complexity index is 537. The van der Waals surface area contributed by atoms with E-state index in [1.807, 2.05) is 20.8 Å². The normalized spacial score (nSPS) is 10.9. The molecule has 23 heavy (non-hydrogen) atoms. The van der Waals surface area contributed by atoms with Crippen LogP contribution >= 0.6 is 0 Å². The van der Waals surface area contributed by atoms with Crippen LogP contribution in [0.3, 0.4) is 0 Å². The molecule has 0 spiro atoms. The third kappa shape index (κ3) is 8.18. The van der Waals surface area contributed by atoms with E-state index in [1.54, 1.807) is 27.0 Å². The summed E-state index contributed by atoms with van der Waals surface area (Å²) in [5.41, 5.74) is 5.91. The average molecular weight is 325 g/mol. The number of carbonyl (C=O) groups excluding carboxylic acids is 1.